The van der Waals surface area contributed by atoms with Crippen molar-refractivity contribution >= 4 is 24.0 Å². The first kappa shape index (κ1) is 19.8. The third-order valence-corrected chi connectivity index (χ3v) is 7.58. The molecule has 26 heavy (non-hydrogen) atoms. The Hall–Kier alpha value is -0.930. The predicted molar refractivity (Wildman–Crippen MR) is 100 cm³/mol. The van der Waals surface area contributed by atoms with Crippen molar-refractivity contribution in [2.75, 3.05) is 26.7 Å². The van der Waals surface area contributed by atoms with Gasteiger partial charge in [0, 0.05) is 35.1 Å². The van der Waals surface area contributed by atoms with E-state index in [0.29, 0.717) is 12.1 Å². The number of hydrogen-bond acceptors (Lipinski definition) is 7. The van der Waals surface area contributed by atoms with Gasteiger partial charge in [-0.1, -0.05) is 6.92 Å². The Labute approximate surface area is 158 Å². The van der Waals surface area contributed by atoms with Crippen LogP contribution < -0.4 is 10.6 Å². The fourth-order valence-electron chi connectivity index (χ4n) is 4.48. The zero-order chi connectivity index (χ0) is 19.0. The van der Waals surface area contributed by atoms with Gasteiger partial charge in [0.15, 0.2) is 6.29 Å². The van der Waals surface area contributed by atoms with Crippen molar-refractivity contribution in [2.24, 2.45) is 17.8 Å². The Morgan fingerprint density at radius 3 is 2.77 bits per heavy atom. The largest absolute Gasteiger partial charge is 0.393 e. The van der Waals surface area contributed by atoms with Gasteiger partial charge in [-0.05, 0) is 26.9 Å². The van der Waals surface area contributed by atoms with E-state index in [-0.39, 0.29) is 29.0 Å². The minimum atomic E-state index is -0.715. The fraction of sp³-hybridized carbons (Fsp3) is 0.778. The molecule has 2 fully saturated rings. The van der Waals surface area contributed by atoms with Gasteiger partial charge in [0.1, 0.15) is 0 Å². The zero-order valence-corrected chi connectivity index (χ0v) is 16.3. The minimum absolute atomic E-state index is 0.0215. The van der Waals surface area contributed by atoms with Crippen LogP contribution in [-0.4, -0.2) is 77.5 Å². The van der Waals surface area contributed by atoms with Gasteiger partial charge >= 0.3 is 0 Å². The van der Waals surface area contributed by atoms with Crippen molar-refractivity contribution < 1.29 is 19.8 Å². The van der Waals surface area contributed by atoms with E-state index in [9.17, 15) is 19.8 Å². The Bertz CT molecular complexity index is 597. The van der Waals surface area contributed by atoms with Crippen molar-refractivity contribution in [1.82, 2.24) is 15.5 Å². The molecule has 4 N–H and O–H groups in total. The van der Waals surface area contributed by atoms with Crippen molar-refractivity contribution in [3.63, 3.8) is 0 Å². The van der Waals surface area contributed by atoms with E-state index in [1.54, 1.807) is 23.6 Å². The Kier molecular flexibility index (Phi) is 6.08. The van der Waals surface area contributed by atoms with Crippen LogP contribution in [0.1, 0.15) is 20.3 Å². The number of nitrogens with zero attached hydrogens (tertiary/aromatic N) is 1. The highest BCUT2D eigenvalue weighted by atomic mass is 32.2. The molecule has 0 aliphatic carbocycles. The lowest BCUT2D eigenvalue weighted by atomic mass is 9.79. The highest BCUT2D eigenvalue weighted by Crippen LogP contribution is 2.51. The number of amides is 1. The summed E-state index contributed by atoms with van der Waals surface area (Å²) in [5, 5.41) is 27.0. The van der Waals surface area contributed by atoms with Crippen LogP contribution >= 0.6 is 11.8 Å². The molecule has 0 radical (unpaired) electrons. The quantitative estimate of drug-likeness (QED) is 0.332. The van der Waals surface area contributed by atoms with E-state index < -0.39 is 18.1 Å². The van der Waals surface area contributed by atoms with E-state index in [0.717, 1.165) is 30.8 Å². The maximum Gasteiger partial charge on any atom is 0.235 e. The van der Waals surface area contributed by atoms with Crippen LogP contribution in [0.25, 0.3) is 0 Å². The van der Waals surface area contributed by atoms with Crippen LogP contribution in [-0.2, 0) is 9.59 Å². The number of β-lactam (4-membered cyclic amide) rings is 1. The summed E-state index contributed by atoms with van der Waals surface area (Å²) >= 11 is 1.62. The maximum absolute atomic E-state index is 12.4. The average molecular weight is 384 g/mol. The van der Waals surface area contributed by atoms with E-state index in [1.807, 2.05) is 14.0 Å². The molecule has 0 saturated carbocycles. The number of aldehydes is 1. The molecule has 146 valence electrons. The first-order valence-electron chi connectivity index (χ1n) is 9.32. The fourth-order valence-corrected chi connectivity index (χ4v) is 6.09. The van der Waals surface area contributed by atoms with Crippen molar-refractivity contribution in [2.45, 2.75) is 43.8 Å². The van der Waals surface area contributed by atoms with Crippen LogP contribution in [0.2, 0.25) is 0 Å². The Balaban J connectivity index is 1.76. The molecule has 0 aromatic rings. The zero-order valence-electron chi connectivity index (χ0n) is 15.5. The first-order valence-corrected chi connectivity index (χ1v) is 10.2. The van der Waals surface area contributed by atoms with Crippen molar-refractivity contribution in [3.05, 3.63) is 10.6 Å². The van der Waals surface area contributed by atoms with Crippen LogP contribution in [0.4, 0.5) is 0 Å². The lowest BCUT2D eigenvalue weighted by molar-refractivity contribution is -0.160. The summed E-state index contributed by atoms with van der Waals surface area (Å²) in [4.78, 5) is 26.6. The highest BCUT2D eigenvalue weighted by Gasteiger charge is 2.58. The summed E-state index contributed by atoms with van der Waals surface area (Å²) in [6, 6.07) is -0.132. The molecular weight excluding hydrogens is 354 g/mol. The molecular formula is C18H29N3O4S. The smallest absolute Gasteiger partial charge is 0.235 e. The van der Waals surface area contributed by atoms with Gasteiger partial charge in [-0.2, -0.15) is 0 Å². The molecule has 0 spiro atoms. The normalized spacial score (nSPS) is 36.1. The molecule has 7 atom stereocenters. The lowest BCUT2D eigenvalue weighted by Gasteiger charge is -2.46. The monoisotopic (exact) mass is 383 g/mol. The molecule has 1 amide bonds. The molecule has 3 aliphatic heterocycles. The number of carbonyl (C=O) groups excluding carboxylic acids is 2. The van der Waals surface area contributed by atoms with E-state index in [4.69, 9.17) is 0 Å². The van der Waals surface area contributed by atoms with Gasteiger partial charge in [-0.25, -0.2) is 0 Å². The number of aliphatic hydroxyl groups is 2. The molecule has 3 rings (SSSR count). The molecule has 0 aromatic heterocycles. The molecule has 7 nitrogen and oxygen atoms in total. The molecule has 0 unspecified atom stereocenters. The lowest BCUT2D eigenvalue weighted by Crippen LogP contribution is -2.63. The molecule has 2 saturated heterocycles. The second-order valence-electron chi connectivity index (χ2n) is 7.56. The molecule has 3 aliphatic rings. The van der Waals surface area contributed by atoms with Crippen LogP contribution in [0, 0.1) is 17.8 Å². The number of allylic oxidation sites excluding steroid dienone is 1. The van der Waals surface area contributed by atoms with Gasteiger partial charge in [0.05, 0.1) is 29.9 Å². The summed E-state index contributed by atoms with van der Waals surface area (Å²) in [5.41, 5.74) is 0.449. The number of fused-ring (bicyclic) bond motifs is 1. The highest BCUT2D eigenvalue weighted by molar-refractivity contribution is 8.03. The van der Waals surface area contributed by atoms with Crippen molar-refractivity contribution in [3.8, 4) is 0 Å². The predicted octanol–water partition coefficient (Wildman–Crippen LogP) is -0.454. The number of hydrogen-bond donors (Lipinski definition) is 4. The van der Waals surface area contributed by atoms with Gasteiger partial charge < -0.3 is 25.7 Å². The number of aliphatic hydroxyl groups excluding tert-OH is 2. The third-order valence-electron chi connectivity index (χ3n) is 5.92. The summed E-state index contributed by atoms with van der Waals surface area (Å²) in [6.07, 6.45) is 0.333. The standard InChI is InChI=1S/C18H29N3O4S/c1-9-16-15(10(2)23)18(25)21(16)12(8-22)17(9)26-14-7-20-6-11(14)13(24)4-5-19-3/h8-11,13-16,19-20,23-24H,4-7H2,1-3H3/t9-,10-,11-,13-,14-,15-,16-/m1/s1. The molecule has 0 aromatic carbocycles. The topological polar surface area (TPSA) is 102 Å². The summed E-state index contributed by atoms with van der Waals surface area (Å²) < 4.78 is 0. The minimum Gasteiger partial charge on any atom is -0.393 e. The number of thioether (sulfide) groups is 1. The van der Waals surface area contributed by atoms with Crippen LogP contribution in [0.5, 0.6) is 0 Å². The third kappa shape index (κ3) is 3.22. The summed E-state index contributed by atoms with van der Waals surface area (Å²) in [7, 11) is 1.87. The Morgan fingerprint density at radius 1 is 1.42 bits per heavy atom. The van der Waals surface area contributed by atoms with Crippen LogP contribution in [0.3, 0.4) is 0 Å². The van der Waals surface area contributed by atoms with Gasteiger partial charge in [0.25, 0.3) is 0 Å². The average Bonchev–Trinajstić information content (AvgIpc) is 3.15. The second-order valence-corrected chi connectivity index (χ2v) is 8.84. The van der Waals surface area contributed by atoms with Gasteiger partial charge in [-0.3, -0.25) is 9.59 Å². The number of nitrogens with one attached hydrogen (secondary N) is 2. The summed E-state index contributed by atoms with van der Waals surface area (Å²) in [6.45, 7) is 5.93. The molecule has 8 heteroatoms. The Morgan fingerprint density at radius 2 is 2.15 bits per heavy atom. The number of rotatable bonds is 8. The maximum atomic E-state index is 12.4. The summed E-state index contributed by atoms with van der Waals surface area (Å²) in [5.74, 6) is -0.466. The van der Waals surface area contributed by atoms with Gasteiger partial charge in [0.2, 0.25) is 5.91 Å². The van der Waals surface area contributed by atoms with Crippen molar-refractivity contribution in [1.29, 1.82) is 0 Å². The first-order chi connectivity index (χ1) is 12.4. The van der Waals surface area contributed by atoms with E-state index >= 15 is 0 Å². The van der Waals surface area contributed by atoms with Gasteiger partial charge in [-0.15, -0.1) is 11.8 Å². The second kappa shape index (κ2) is 7.98. The number of carbonyl (C=O) groups is 2. The SMILES string of the molecule is CNCC[C@@H](O)[C@H]1CNC[C@H]1SC1=C(C=O)N2C(=O)[C@H]([C@@H](C)O)[C@H]2[C@H]1C. The molecule has 0 bridgehead atoms. The van der Waals surface area contributed by atoms with E-state index in [2.05, 4.69) is 10.6 Å². The van der Waals surface area contributed by atoms with Crippen LogP contribution in [0.15, 0.2) is 10.6 Å². The van der Waals surface area contributed by atoms with E-state index in [1.165, 1.54) is 0 Å². The molecule has 3 heterocycles.